The van der Waals surface area contributed by atoms with Gasteiger partial charge in [-0.05, 0) is 40.6 Å². The van der Waals surface area contributed by atoms with Crippen LogP contribution in [-0.2, 0) is 11.3 Å². The second kappa shape index (κ2) is 10.8. The Morgan fingerprint density at radius 2 is 1.53 bits per heavy atom. The van der Waals surface area contributed by atoms with E-state index in [1.807, 2.05) is 54.6 Å². The Hall–Kier alpha value is -4.52. The zero-order chi connectivity index (χ0) is 24.7. The summed E-state index contributed by atoms with van der Waals surface area (Å²) in [6, 6.07) is 26.2. The van der Waals surface area contributed by atoms with E-state index in [1.165, 1.54) is 0 Å². The molecule has 1 heterocycles. The van der Waals surface area contributed by atoms with Gasteiger partial charge in [0.25, 0.3) is 11.8 Å². The lowest BCUT2D eigenvalue weighted by Gasteiger charge is -2.14. The second-order valence-electron chi connectivity index (χ2n) is 8.41. The fraction of sp³-hybridized carbons (Fsp3) is 0.172. The smallest absolute Gasteiger partial charge is 0.262 e. The third-order valence-electron chi connectivity index (χ3n) is 5.78. The summed E-state index contributed by atoms with van der Waals surface area (Å²) in [5, 5.41) is 7.57. The standard InChI is InChI=1S/C29H26N2O5/c32-28(31-23-11-12-25-27(17-23)35-14-6-13-34-25)19-36-26-16-22-10-5-4-9-21(22)15-24(26)29(33)30-18-20-7-2-1-3-8-20/h1-5,7-12,15-17H,6,13-14,18-19H2,(H,30,33)(H,31,32). The van der Waals surface area contributed by atoms with E-state index in [0.717, 1.165) is 22.8 Å². The highest BCUT2D eigenvalue weighted by atomic mass is 16.5. The first-order valence-corrected chi connectivity index (χ1v) is 11.8. The number of benzene rings is 4. The average Bonchev–Trinajstić information content (AvgIpc) is 3.16. The Balaban J connectivity index is 1.29. The van der Waals surface area contributed by atoms with Gasteiger partial charge in [-0.2, -0.15) is 0 Å². The van der Waals surface area contributed by atoms with Gasteiger partial charge in [-0.1, -0.05) is 54.6 Å². The molecule has 0 bridgehead atoms. The van der Waals surface area contributed by atoms with Crippen molar-refractivity contribution in [3.63, 3.8) is 0 Å². The van der Waals surface area contributed by atoms with Gasteiger partial charge in [0.1, 0.15) is 5.75 Å². The topological polar surface area (TPSA) is 85.9 Å². The van der Waals surface area contributed by atoms with E-state index in [1.54, 1.807) is 30.3 Å². The van der Waals surface area contributed by atoms with Crippen molar-refractivity contribution >= 4 is 28.3 Å². The molecule has 4 aromatic carbocycles. The molecular formula is C29H26N2O5. The van der Waals surface area contributed by atoms with Crippen molar-refractivity contribution in [2.24, 2.45) is 0 Å². The summed E-state index contributed by atoms with van der Waals surface area (Å²) in [6.45, 7) is 1.28. The third-order valence-corrected chi connectivity index (χ3v) is 5.78. The molecular weight excluding hydrogens is 456 g/mol. The normalized spacial score (nSPS) is 12.4. The molecule has 0 saturated heterocycles. The van der Waals surface area contributed by atoms with E-state index >= 15 is 0 Å². The predicted molar refractivity (Wildman–Crippen MR) is 138 cm³/mol. The van der Waals surface area contributed by atoms with Crippen LogP contribution < -0.4 is 24.8 Å². The Labute approximate surface area is 209 Å². The molecule has 0 atom stereocenters. The van der Waals surface area contributed by atoms with E-state index < -0.39 is 0 Å². The highest BCUT2D eigenvalue weighted by Crippen LogP contribution is 2.32. The molecule has 2 N–H and O–H groups in total. The van der Waals surface area contributed by atoms with Gasteiger partial charge in [-0.25, -0.2) is 0 Å². The SMILES string of the molecule is O=C(COc1cc2ccccc2cc1C(=O)NCc1ccccc1)Nc1ccc2c(c1)OCCCO2. The van der Waals surface area contributed by atoms with Crippen LogP contribution in [0, 0.1) is 0 Å². The van der Waals surface area contributed by atoms with E-state index in [0.29, 0.717) is 48.3 Å². The summed E-state index contributed by atoms with van der Waals surface area (Å²) in [7, 11) is 0. The van der Waals surface area contributed by atoms with Crippen LogP contribution in [0.1, 0.15) is 22.3 Å². The van der Waals surface area contributed by atoms with Gasteiger partial charge in [0, 0.05) is 24.7 Å². The van der Waals surface area contributed by atoms with Crippen molar-refractivity contribution < 1.29 is 23.8 Å². The molecule has 7 heteroatoms. The predicted octanol–water partition coefficient (Wildman–Crippen LogP) is 4.95. The minimum atomic E-state index is -0.353. The van der Waals surface area contributed by atoms with Crippen molar-refractivity contribution in [3.8, 4) is 17.2 Å². The van der Waals surface area contributed by atoms with Crippen molar-refractivity contribution in [1.29, 1.82) is 0 Å². The van der Waals surface area contributed by atoms with Gasteiger partial charge >= 0.3 is 0 Å². The Kier molecular flexibility index (Phi) is 6.98. The molecule has 0 aromatic heterocycles. The summed E-state index contributed by atoms with van der Waals surface area (Å²) in [4.78, 5) is 25.7. The first-order valence-electron chi connectivity index (χ1n) is 11.8. The monoisotopic (exact) mass is 482 g/mol. The number of ether oxygens (including phenoxy) is 3. The number of carbonyl (C=O) groups is 2. The molecule has 7 nitrogen and oxygen atoms in total. The highest BCUT2D eigenvalue weighted by Gasteiger charge is 2.16. The fourth-order valence-corrected chi connectivity index (χ4v) is 3.97. The van der Waals surface area contributed by atoms with E-state index in [-0.39, 0.29) is 18.4 Å². The number of hydrogen-bond acceptors (Lipinski definition) is 5. The summed E-state index contributed by atoms with van der Waals surface area (Å²) in [5.41, 5.74) is 1.93. The molecule has 0 spiro atoms. The summed E-state index contributed by atoms with van der Waals surface area (Å²) < 4.78 is 17.2. The molecule has 2 amide bonds. The fourth-order valence-electron chi connectivity index (χ4n) is 3.97. The zero-order valence-electron chi connectivity index (χ0n) is 19.7. The summed E-state index contributed by atoms with van der Waals surface area (Å²) in [6.07, 6.45) is 0.803. The zero-order valence-corrected chi connectivity index (χ0v) is 19.7. The Morgan fingerprint density at radius 1 is 0.806 bits per heavy atom. The number of rotatable bonds is 7. The average molecular weight is 483 g/mol. The maximum atomic E-state index is 13.1. The number of fused-ring (bicyclic) bond motifs is 2. The molecule has 0 radical (unpaired) electrons. The molecule has 0 unspecified atom stereocenters. The maximum Gasteiger partial charge on any atom is 0.262 e. The van der Waals surface area contributed by atoms with E-state index in [2.05, 4.69) is 10.6 Å². The minimum Gasteiger partial charge on any atom is -0.490 e. The van der Waals surface area contributed by atoms with E-state index in [9.17, 15) is 9.59 Å². The molecule has 4 aromatic rings. The Morgan fingerprint density at radius 3 is 2.33 bits per heavy atom. The number of hydrogen-bond donors (Lipinski definition) is 2. The Bertz CT molecular complexity index is 1390. The quantitative estimate of drug-likeness (QED) is 0.389. The molecule has 0 fully saturated rings. The number of anilines is 1. The van der Waals surface area contributed by atoms with Gasteiger partial charge in [-0.15, -0.1) is 0 Å². The third kappa shape index (κ3) is 5.58. The van der Waals surface area contributed by atoms with Crippen LogP contribution in [0.25, 0.3) is 10.8 Å². The highest BCUT2D eigenvalue weighted by molar-refractivity contribution is 6.02. The minimum absolute atomic E-state index is 0.258. The van der Waals surface area contributed by atoms with Gasteiger partial charge in [-0.3, -0.25) is 9.59 Å². The van der Waals surface area contributed by atoms with Gasteiger partial charge in [0.2, 0.25) is 0 Å². The van der Waals surface area contributed by atoms with Crippen LogP contribution >= 0.6 is 0 Å². The van der Waals surface area contributed by atoms with Crippen molar-refractivity contribution in [2.75, 3.05) is 25.1 Å². The molecule has 1 aliphatic heterocycles. The molecule has 1 aliphatic rings. The molecule has 0 aliphatic carbocycles. The van der Waals surface area contributed by atoms with Crippen LogP contribution in [0.5, 0.6) is 17.2 Å². The largest absolute Gasteiger partial charge is 0.490 e. The second-order valence-corrected chi connectivity index (χ2v) is 8.41. The molecule has 182 valence electrons. The van der Waals surface area contributed by atoms with Gasteiger partial charge in [0.05, 0.1) is 18.8 Å². The molecule has 0 saturated carbocycles. The van der Waals surface area contributed by atoms with Crippen LogP contribution in [0.3, 0.4) is 0 Å². The van der Waals surface area contributed by atoms with Crippen LogP contribution in [0.2, 0.25) is 0 Å². The van der Waals surface area contributed by atoms with Gasteiger partial charge in [0.15, 0.2) is 18.1 Å². The molecule has 5 rings (SSSR count). The first-order chi connectivity index (χ1) is 17.7. The summed E-state index contributed by atoms with van der Waals surface area (Å²) >= 11 is 0. The lowest BCUT2D eigenvalue weighted by molar-refractivity contribution is -0.118. The van der Waals surface area contributed by atoms with Gasteiger partial charge < -0.3 is 24.8 Å². The van der Waals surface area contributed by atoms with E-state index in [4.69, 9.17) is 14.2 Å². The number of carbonyl (C=O) groups excluding carboxylic acids is 2. The van der Waals surface area contributed by atoms with Crippen molar-refractivity contribution in [3.05, 3.63) is 96.1 Å². The number of nitrogens with one attached hydrogen (secondary N) is 2. The van der Waals surface area contributed by atoms with Crippen molar-refractivity contribution in [1.82, 2.24) is 5.32 Å². The lowest BCUT2D eigenvalue weighted by atomic mass is 10.1. The lowest BCUT2D eigenvalue weighted by Crippen LogP contribution is -2.25. The first kappa shape index (κ1) is 23.2. The molecule has 36 heavy (non-hydrogen) atoms. The van der Waals surface area contributed by atoms with Crippen LogP contribution in [0.4, 0.5) is 5.69 Å². The number of amides is 2. The van der Waals surface area contributed by atoms with Crippen molar-refractivity contribution in [2.45, 2.75) is 13.0 Å². The van der Waals surface area contributed by atoms with Crippen LogP contribution in [0.15, 0.2) is 84.9 Å². The summed E-state index contributed by atoms with van der Waals surface area (Å²) in [5.74, 6) is 0.964. The van der Waals surface area contributed by atoms with Crippen LogP contribution in [-0.4, -0.2) is 31.6 Å². The maximum absolute atomic E-state index is 13.1.